The van der Waals surface area contributed by atoms with Crippen molar-refractivity contribution in [2.75, 3.05) is 38.2 Å². The van der Waals surface area contributed by atoms with E-state index in [4.69, 9.17) is 4.74 Å². The van der Waals surface area contributed by atoms with Crippen LogP contribution in [0.2, 0.25) is 0 Å². The van der Waals surface area contributed by atoms with E-state index in [0.29, 0.717) is 14.8 Å². The van der Waals surface area contributed by atoms with E-state index in [1.54, 1.807) is 6.07 Å². The number of amides is 1. The third kappa shape index (κ3) is 5.47. The molecule has 0 bridgehead atoms. The van der Waals surface area contributed by atoms with Gasteiger partial charge < -0.3 is 10.1 Å². The highest BCUT2D eigenvalue weighted by molar-refractivity contribution is 14.1. The molecule has 27 heavy (non-hydrogen) atoms. The first-order valence-corrected chi connectivity index (χ1v) is 9.75. The van der Waals surface area contributed by atoms with Crippen molar-refractivity contribution in [3.63, 3.8) is 0 Å². The third-order valence-corrected chi connectivity index (χ3v) is 5.38. The maximum absolute atomic E-state index is 12.5. The average Bonchev–Trinajstić information content (AvgIpc) is 2.68. The van der Waals surface area contributed by atoms with Gasteiger partial charge in [0, 0.05) is 41.0 Å². The molecule has 2 aromatic rings. The number of benzene rings is 2. The maximum Gasteiger partial charge on any atom is 0.270 e. The van der Waals surface area contributed by atoms with E-state index in [9.17, 15) is 14.9 Å². The third-order valence-electron chi connectivity index (χ3n) is 4.44. The summed E-state index contributed by atoms with van der Waals surface area (Å²) < 4.78 is 6.01. The lowest BCUT2D eigenvalue weighted by molar-refractivity contribution is -0.384. The molecular formula is C19H20IN3O4. The molecular weight excluding hydrogens is 461 g/mol. The van der Waals surface area contributed by atoms with Gasteiger partial charge in [0.1, 0.15) is 0 Å². The molecule has 0 unspecified atom stereocenters. The number of carbonyl (C=O) groups excluding carboxylic acids is 1. The van der Waals surface area contributed by atoms with Gasteiger partial charge in [0.15, 0.2) is 0 Å². The fourth-order valence-electron chi connectivity index (χ4n) is 2.87. The number of non-ortho nitro benzene ring substituents is 1. The van der Waals surface area contributed by atoms with Crippen LogP contribution in [0, 0.1) is 13.7 Å². The summed E-state index contributed by atoms with van der Waals surface area (Å²) in [6, 6.07) is 12.0. The van der Waals surface area contributed by atoms with E-state index in [1.165, 1.54) is 17.7 Å². The number of nitrogens with one attached hydrogen (secondary N) is 1. The van der Waals surface area contributed by atoms with Gasteiger partial charge in [0.05, 0.1) is 23.7 Å². The first-order valence-electron chi connectivity index (χ1n) is 8.67. The van der Waals surface area contributed by atoms with E-state index in [2.05, 4.69) is 10.2 Å². The first-order chi connectivity index (χ1) is 13.0. The minimum Gasteiger partial charge on any atom is -0.379 e. The SMILES string of the molecule is O=C(Nc1ccc(CCN2CCOCC2)cc1)c1cc([N+](=O)[O-])ccc1I. The predicted octanol–water partition coefficient (Wildman–Crippen LogP) is 3.33. The molecule has 2 aromatic carbocycles. The largest absolute Gasteiger partial charge is 0.379 e. The highest BCUT2D eigenvalue weighted by Crippen LogP contribution is 2.21. The summed E-state index contributed by atoms with van der Waals surface area (Å²) in [5.74, 6) is -0.357. The van der Waals surface area contributed by atoms with E-state index < -0.39 is 4.92 Å². The van der Waals surface area contributed by atoms with Crippen LogP contribution in [0.5, 0.6) is 0 Å². The van der Waals surface area contributed by atoms with Crippen molar-refractivity contribution in [3.8, 4) is 0 Å². The maximum atomic E-state index is 12.5. The lowest BCUT2D eigenvalue weighted by Gasteiger charge is -2.26. The van der Waals surface area contributed by atoms with Crippen molar-refractivity contribution in [2.24, 2.45) is 0 Å². The zero-order chi connectivity index (χ0) is 19.2. The van der Waals surface area contributed by atoms with Crippen LogP contribution in [0.3, 0.4) is 0 Å². The average molecular weight is 481 g/mol. The fraction of sp³-hybridized carbons (Fsp3) is 0.316. The summed E-state index contributed by atoms with van der Waals surface area (Å²) in [5, 5.41) is 13.7. The molecule has 0 radical (unpaired) electrons. The molecule has 1 saturated heterocycles. The number of nitrogens with zero attached hydrogens (tertiary/aromatic N) is 2. The number of halogens is 1. The van der Waals surface area contributed by atoms with Gasteiger partial charge in [-0.2, -0.15) is 0 Å². The van der Waals surface area contributed by atoms with Crippen molar-refractivity contribution in [1.82, 2.24) is 4.90 Å². The number of nitro benzene ring substituents is 1. The molecule has 1 heterocycles. The lowest BCUT2D eigenvalue weighted by Crippen LogP contribution is -2.37. The number of ether oxygens (including phenoxy) is 1. The number of nitro groups is 1. The van der Waals surface area contributed by atoms with Gasteiger partial charge in [0.25, 0.3) is 11.6 Å². The van der Waals surface area contributed by atoms with Gasteiger partial charge in [-0.05, 0) is 52.8 Å². The summed E-state index contributed by atoms with van der Waals surface area (Å²) in [6.07, 6.45) is 0.941. The molecule has 1 N–H and O–H groups in total. The fourth-order valence-corrected chi connectivity index (χ4v) is 3.45. The summed E-state index contributed by atoms with van der Waals surface area (Å²) in [5.41, 5.74) is 2.06. The number of hydrogen-bond donors (Lipinski definition) is 1. The van der Waals surface area contributed by atoms with Crippen LogP contribution in [0.4, 0.5) is 11.4 Å². The van der Waals surface area contributed by atoms with E-state index in [0.717, 1.165) is 39.3 Å². The molecule has 0 atom stereocenters. The van der Waals surface area contributed by atoms with Crippen molar-refractivity contribution < 1.29 is 14.5 Å². The highest BCUT2D eigenvalue weighted by Gasteiger charge is 2.16. The minimum absolute atomic E-state index is 0.0981. The Morgan fingerprint density at radius 2 is 1.89 bits per heavy atom. The monoisotopic (exact) mass is 481 g/mol. The van der Waals surface area contributed by atoms with Gasteiger partial charge in [0.2, 0.25) is 0 Å². The Kier molecular flexibility index (Phi) is 6.75. The van der Waals surface area contributed by atoms with E-state index in [1.807, 2.05) is 46.9 Å². The normalized spacial score (nSPS) is 14.7. The number of morpholine rings is 1. The molecule has 1 aliphatic heterocycles. The summed E-state index contributed by atoms with van der Waals surface area (Å²) in [7, 11) is 0. The molecule has 3 rings (SSSR count). The first kappa shape index (κ1) is 19.7. The summed E-state index contributed by atoms with van der Waals surface area (Å²) in [4.78, 5) is 25.3. The Hall–Kier alpha value is -2.04. The zero-order valence-corrected chi connectivity index (χ0v) is 16.8. The Morgan fingerprint density at radius 1 is 1.19 bits per heavy atom. The number of rotatable bonds is 6. The smallest absolute Gasteiger partial charge is 0.270 e. The number of carbonyl (C=O) groups is 1. The van der Waals surface area contributed by atoms with Crippen molar-refractivity contribution >= 4 is 39.9 Å². The number of hydrogen-bond acceptors (Lipinski definition) is 5. The molecule has 1 fully saturated rings. The van der Waals surface area contributed by atoms with Gasteiger partial charge >= 0.3 is 0 Å². The van der Waals surface area contributed by atoms with Gasteiger partial charge in [-0.3, -0.25) is 19.8 Å². The molecule has 7 nitrogen and oxygen atoms in total. The molecule has 0 aliphatic carbocycles. The molecule has 8 heteroatoms. The molecule has 1 amide bonds. The Labute approximate surface area is 171 Å². The van der Waals surface area contributed by atoms with Crippen molar-refractivity contribution in [3.05, 3.63) is 67.3 Å². The molecule has 1 aliphatic rings. The summed E-state index contributed by atoms with van der Waals surface area (Å²) >= 11 is 2.00. The molecule has 142 valence electrons. The quantitative estimate of drug-likeness (QED) is 0.389. The van der Waals surface area contributed by atoms with Gasteiger partial charge in [-0.1, -0.05) is 12.1 Å². The van der Waals surface area contributed by atoms with E-state index in [-0.39, 0.29) is 11.6 Å². The predicted molar refractivity (Wildman–Crippen MR) is 111 cm³/mol. The van der Waals surface area contributed by atoms with Crippen LogP contribution < -0.4 is 5.32 Å². The molecule has 0 spiro atoms. The van der Waals surface area contributed by atoms with Gasteiger partial charge in [-0.15, -0.1) is 0 Å². The second kappa shape index (κ2) is 9.25. The van der Waals surface area contributed by atoms with Crippen LogP contribution in [0.1, 0.15) is 15.9 Å². The zero-order valence-electron chi connectivity index (χ0n) is 14.7. The highest BCUT2D eigenvalue weighted by atomic mass is 127. The van der Waals surface area contributed by atoms with Crippen LogP contribution in [0.25, 0.3) is 0 Å². The Balaban J connectivity index is 1.60. The molecule has 0 aromatic heterocycles. The number of anilines is 1. The topological polar surface area (TPSA) is 84.7 Å². The van der Waals surface area contributed by atoms with Crippen LogP contribution in [-0.4, -0.2) is 48.6 Å². The van der Waals surface area contributed by atoms with Crippen molar-refractivity contribution in [1.29, 1.82) is 0 Å². The van der Waals surface area contributed by atoms with Crippen LogP contribution in [-0.2, 0) is 11.2 Å². The van der Waals surface area contributed by atoms with Crippen LogP contribution in [0.15, 0.2) is 42.5 Å². The molecule has 0 saturated carbocycles. The standard InChI is InChI=1S/C19H20IN3O4/c20-18-6-5-16(23(25)26)13-17(18)19(24)21-15-3-1-14(2-4-15)7-8-22-9-11-27-12-10-22/h1-6,13H,7-12H2,(H,21,24). The van der Waals surface area contributed by atoms with Crippen molar-refractivity contribution in [2.45, 2.75) is 6.42 Å². The Bertz CT molecular complexity index is 820. The second-order valence-electron chi connectivity index (χ2n) is 6.28. The van der Waals surface area contributed by atoms with E-state index >= 15 is 0 Å². The second-order valence-corrected chi connectivity index (χ2v) is 7.44. The summed E-state index contributed by atoms with van der Waals surface area (Å²) in [6.45, 7) is 4.51. The van der Waals surface area contributed by atoms with Crippen LogP contribution >= 0.6 is 22.6 Å². The minimum atomic E-state index is -0.504. The Morgan fingerprint density at radius 3 is 2.56 bits per heavy atom. The lowest BCUT2D eigenvalue weighted by atomic mass is 10.1. The van der Waals surface area contributed by atoms with Gasteiger partial charge in [-0.25, -0.2) is 0 Å².